The number of hydrogen-bond donors (Lipinski definition) is 0. The van der Waals surface area contributed by atoms with Crippen molar-refractivity contribution in [3.63, 3.8) is 0 Å². The molecular formula is C23H25BrN2O2. The van der Waals surface area contributed by atoms with E-state index < -0.39 is 0 Å². The minimum atomic E-state index is -0.358. The van der Waals surface area contributed by atoms with Crippen molar-refractivity contribution in [2.45, 2.75) is 38.4 Å². The molecule has 0 aliphatic carbocycles. The van der Waals surface area contributed by atoms with E-state index in [0.29, 0.717) is 6.54 Å². The highest BCUT2D eigenvalue weighted by Crippen LogP contribution is 2.48. The van der Waals surface area contributed by atoms with Crippen LogP contribution in [0.4, 0.5) is 0 Å². The Morgan fingerprint density at radius 2 is 1.57 bits per heavy atom. The number of halogens is 1. The first-order chi connectivity index (χ1) is 13.3. The lowest BCUT2D eigenvalue weighted by atomic mass is 9.81. The van der Waals surface area contributed by atoms with Crippen LogP contribution in [0.3, 0.4) is 0 Å². The zero-order valence-electron chi connectivity index (χ0n) is 16.4. The number of amides is 2. The van der Waals surface area contributed by atoms with Gasteiger partial charge in [0.15, 0.2) is 0 Å². The molecule has 0 radical (unpaired) electrons. The maximum absolute atomic E-state index is 13.4. The highest BCUT2D eigenvalue weighted by molar-refractivity contribution is 9.10. The third-order valence-electron chi connectivity index (χ3n) is 6.57. The molecule has 28 heavy (non-hydrogen) atoms. The lowest BCUT2D eigenvalue weighted by molar-refractivity contribution is -0.142. The number of likely N-dealkylation sites (N-methyl/N-ethyl adjacent to an activating group) is 1. The van der Waals surface area contributed by atoms with Crippen molar-refractivity contribution in [1.29, 1.82) is 0 Å². The highest BCUT2D eigenvalue weighted by atomic mass is 79.9. The Bertz CT molecular complexity index is 895. The van der Waals surface area contributed by atoms with E-state index in [2.05, 4.69) is 46.8 Å². The van der Waals surface area contributed by atoms with E-state index in [0.717, 1.165) is 16.5 Å². The molecule has 4 nitrogen and oxygen atoms in total. The van der Waals surface area contributed by atoms with Gasteiger partial charge in [-0.25, -0.2) is 0 Å². The third-order valence-corrected chi connectivity index (χ3v) is 7.09. The molecule has 0 aromatic heterocycles. The number of carbonyl (C=O) groups excluding carboxylic acids is 2. The molecule has 2 aliphatic heterocycles. The van der Waals surface area contributed by atoms with Crippen LogP contribution in [-0.2, 0) is 22.6 Å². The number of nitrogens with zero attached hydrogens (tertiary/aromatic N) is 2. The molecule has 2 aromatic carbocycles. The van der Waals surface area contributed by atoms with Crippen molar-refractivity contribution in [2.24, 2.45) is 11.8 Å². The van der Waals surface area contributed by atoms with Gasteiger partial charge in [0.1, 0.15) is 0 Å². The van der Waals surface area contributed by atoms with Crippen molar-refractivity contribution >= 4 is 27.7 Å². The zero-order chi connectivity index (χ0) is 20.1. The van der Waals surface area contributed by atoms with Crippen LogP contribution < -0.4 is 0 Å². The predicted molar refractivity (Wildman–Crippen MR) is 112 cm³/mol. The fourth-order valence-electron chi connectivity index (χ4n) is 4.82. The van der Waals surface area contributed by atoms with Gasteiger partial charge in [0, 0.05) is 16.1 Å². The number of carbonyl (C=O) groups is 2. The molecule has 4 rings (SSSR count). The van der Waals surface area contributed by atoms with Gasteiger partial charge >= 0.3 is 0 Å². The number of benzene rings is 2. The Morgan fingerprint density at radius 3 is 2.21 bits per heavy atom. The third kappa shape index (κ3) is 3.11. The molecule has 0 saturated carbocycles. The van der Waals surface area contributed by atoms with Crippen molar-refractivity contribution in [1.82, 2.24) is 9.80 Å². The fraction of sp³-hybridized carbons (Fsp3) is 0.391. The summed E-state index contributed by atoms with van der Waals surface area (Å²) in [7, 11) is 2.05. The van der Waals surface area contributed by atoms with Gasteiger partial charge < -0.3 is 0 Å². The van der Waals surface area contributed by atoms with Crippen LogP contribution in [-0.4, -0.2) is 40.2 Å². The second kappa shape index (κ2) is 7.12. The second-order valence-corrected chi connectivity index (χ2v) is 9.33. The monoisotopic (exact) mass is 440 g/mol. The largest absolute Gasteiger partial charge is 0.296 e. The first-order valence-corrected chi connectivity index (χ1v) is 10.5. The molecule has 0 N–H and O–H groups in total. The summed E-state index contributed by atoms with van der Waals surface area (Å²) in [6.07, 6.45) is 0.757. The molecule has 2 amide bonds. The standard InChI is InChI=1S/C23H25BrN2O2/c1-23(2)20-19(18(25(23)3)13-15-9-11-17(24)12-10-15)21(27)26(22(20)28)14-16-7-5-4-6-8-16/h4-12,18-20H,13-14H2,1-3H3. The lowest BCUT2D eigenvalue weighted by Gasteiger charge is -2.36. The Morgan fingerprint density at radius 1 is 0.929 bits per heavy atom. The molecule has 2 heterocycles. The van der Waals surface area contributed by atoms with Crippen LogP contribution in [0.1, 0.15) is 25.0 Å². The highest BCUT2D eigenvalue weighted by Gasteiger charge is 2.64. The van der Waals surface area contributed by atoms with Gasteiger partial charge in [-0.3, -0.25) is 19.4 Å². The Hall–Kier alpha value is -1.98. The summed E-state index contributed by atoms with van der Waals surface area (Å²) < 4.78 is 1.04. The van der Waals surface area contributed by atoms with Gasteiger partial charge in [-0.2, -0.15) is 0 Å². The summed E-state index contributed by atoms with van der Waals surface area (Å²) in [5.41, 5.74) is 1.81. The average molecular weight is 441 g/mol. The maximum atomic E-state index is 13.4. The zero-order valence-corrected chi connectivity index (χ0v) is 18.0. The second-order valence-electron chi connectivity index (χ2n) is 8.41. The normalized spacial score (nSPS) is 26.7. The minimum Gasteiger partial charge on any atom is -0.296 e. The number of likely N-dealkylation sites (tertiary alicyclic amines) is 2. The van der Waals surface area contributed by atoms with Gasteiger partial charge in [-0.1, -0.05) is 58.4 Å². The first-order valence-electron chi connectivity index (χ1n) is 9.67. The SMILES string of the molecule is CN1C(Cc2ccc(Br)cc2)C2C(=O)N(Cc3ccccc3)C(=O)C2C1(C)C. The molecule has 2 saturated heterocycles. The summed E-state index contributed by atoms with van der Waals surface area (Å²) in [4.78, 5) is 30.4. The topological polar surface area (TPSA) is 40.6 Å². The van der Waals surface area contributed by atoms with E-state index in [9.17, 15) is 9.59 Å². The van der Waals surface area contributed by atoms with Gasteiger partial charge in [0.05, 0.1) is 18.4 Å². The molecule has 3 atom stereocenters. The molecule has 0 bridgehead atoms. The van der Waals surface area contributed by atoms with E-state index in [4.69, 9.17) is 0 Å². The van der Waals surface area contributed by atoms with Gasteiger partial charge in [-0.15, -0.1) is 0 Å². The summed E-state index contributed by atoms with van der Waals surface area (Å²) in [6.45, 7) is 4.53. The summed E-state index contributed by atoms with van der Waals surface area (Å²) in [5.74, 6) is -0.651. The van der Waals surface area contributed by atoms with Crippen molar-refractivity contribution in [2.75, 3.05) is 7.05 Å². The van der Waals surface area contributed by atoms with Gasteiger partial charge in [-0.05, 0) is 50.6 Å². The van der Waals surface area contributed by atoms with Crippen molar-refractivity contribution < 1.29 is 9.59 Å². The van der Waals surface area contributed by atoms with Crippen molar-refractivity contribution in [3.05, 3.63) is 70.2 Å². The summed E-state index contributed by atoms with van der Waals surface area (Å²) in [5, 5.41) is 0. The van der Waals surface area contributed by atoms with E-state index in [1.165, 1.54) is 10.5 Å². The van der Waals surface area contributed by atoms with E-state index >= 15 is 0 Å². The molecular weight excluding hydrogens is 416 g/mol. The summed E-state index contributed by atoms with van der Waals surface area (Å²) in [6, 6.07) is 18.0. The van der Waals surface area contributed by atoms with Crippen LogP contribution >= 0.6 is 15.9 Å². The molecule has 146 valence electrons. The molecule has 2 aliphatic rings. The molecule has 3 unspecified atom stereocenters. The molecule has 2 aromatic rings. The number of imide groups is 1. The van der Waals surface area contributed by atoms with Crippen LogP contribution in [0.15, 0.2) is 59.1 Å². The van der Waals surface area contributed by atoms with Crippen LogP contribution in [0.25, 0.3) is 0 Å². The fourth-order valence-corrected chi connectivity index (χ4v) is 5.08. The van der Waals surface area contributed by atoms with E-state index in [1.54, 1.807) is 0 Å². The van der Waals surface area contributed by atoms with Crippen molar-refractivity contribution in [3.8, 4) is 0 Å². The molecule has 5 heteroatoms. The maximum Gasteiger partial charge on any atom is 0.235 e. The smallest absolute Gasteiger partial charge is 0.235 e. The van der Waals surface area contributed by atoms with Gasteiger partial charge in [0.25, 0.3) is 0 Å². The van der Waals surface area contributed by atoms with Crippen LogP contribution in [0.2, 0.25) is 0 Å². The van der Waals surface area contributed by atoms with E-state index in [1.807, 2.05) is 49.5 Å². The Labute approximate surface area is 174 Å². The van der Waals surface area contributed by atoms with Gasteiger partial charge in [0.2, 0.25) is 11.8 Å². The quantitative estimate of drug-likeness (QED) is 0.677. The lowest BCUT2D eigenvalue weighted by Crippen LogP contribution is -2.48. The van der Waals surface area contributed by atoms with Crippen LogP contribution in [0, 0.1) is 11.8 Å². The predicted octanol–water partition coefficient (Wildman–Crippen LogP) is 3.89. The average Bonchev–Trinajstić information content (AvgIpc) is 3.03. The van der Waals surface area contributed by atoms with E-state index in [-0.39, 0.29) is 35.2 Å². The minimum absolute atomic E-state index is 0.0124. The first kappa shape index (κ1) is 19.3. The number of hydrogen-bond acceptors (Lipinski definition) is 3. The molecule has 2 fully saturated rings. The number of rotatable bonds is 4. The Kier molecular flexibility index (Phi) is 4.92. The Balaban J connectivity index is 1.64. The number of fused-ring (bicyclic) bond motifs is 1. The van der Waals surface area contributed by atoms with Crippen LogP contribution in [0.5, 0.6) is 0 Å². The summed E-state index contributed by atoms with van der Waals surface area (Å²) >= 11 is 3.47. The molecule has 0 spiro atoms.